The number of rotatable bonds is 2. The summed E-state index contributed by atoms with van der Waals surface area (Å²) in [5.74, 6) is -3.45. The average Bonchev–Trinajstić information content (AvgIpc) is 2.71. The molecule has 0 saturated carbocycles. The van der Waals surface area contributed by atoms with Gasteiger partial charge in [0.25, 0.3) is 0 Å². The monoisotopic (exact) mass is 431 g/mol. The molecule has 2 aromatic heterocycles. The van der Waals surface area contributed by atoms with Crippen LogP contribution in [0.5, 0.6) is 0 Å². The Morgan fingerprint density at radius 1 is 0.867 bits per heavy atom. The Hall–Kier alpha value is -3.59. The van der Waals surface area contributed by atoms with Crippen molar-refractivity contribution in [3.05, 3.63) is 76.3 Å². The Morgan fingerprint density at radius 2 is 1.50 bits per heavy atom. The number of hydrogen-bond donors (Lipinski definition) is 1. The second-order valence-corrected chi connectivity index (χ2v) is 6.66. The molecule has 0 radical (unpaired) electrons. The number of ketones is 2. The summed E-state index contributed by atoms with van der Waals surface area (Å²) in [5, 5.41) is 1.80. The third-order valence-corrected chi connectivity index (χ3v) is 4.77. The van der Waals surface area contributed by atoms with Gasteiger partial charge in [-0.15, -0.1) is 0 Å². The normalized spacial score (nSPS) is 12.9. The van der Waals surface area contributed by atoms with Crippen molar-refractivity contribution in [3.8, 4) is 11.1 Å². The molecule has 1 amide bonds. The number of anilines is 1. The first kappa shape index (κ1) is 19.7. The van der Waals surface area contributed by atoms with E-state index in [1.807, 2.05) is 0 Å². The van der Waals surface area contributed by atoms with Crippen LogP contribution in [-0.4, -0.2) is 33.6 Å². The Labute approximate surface area is 171 Å². The number of alkyl halides is 3. The predicted molar refractivity (Wildman–Crippen MR) is 100 cm³/mol. The van der Waals surface area contributed by atoms with Gasteiger partial charge in [-0.25, -0.2) is 0 Å². The fourth-order valence-electron chi connectivity index (χ4n) is 3.17. The van der Waals surface area contributed by atoms with E-state index in [0.29, 0.717) is 0 Å². The average molecular weight is 432 g/mol. The number of benzene rings is 1. The lowest BCUT2D eigenvalue weighted by molar-refractivity contribution is -0.167. The lowest BCUT2D eigenvalue weighted by atomic mass is 9.85. The Morgan fingerprint density at radius 3 is 2.20 bits per heavy atom. The van der Waals surface area contributed by atoms with Gasteiger partial charge in [-0.3, -0.25) is 24.4 Å². The van der Waals surface area contributed by atoms with Gasteiger partial charge < -0.3 is 5.32 Å². The van der Waals surface area contributed by atoms with Crippen molar-refractivity contribution < 1.29 is 27.6 Å². The van der Waals surface area contributed by atoms with E-state index in [9.17, 15) is 27.6 Å². The summed E-state index contributed by atoms with van der Waals surface area (Å²) in [5.41, 5.74) is -0.529. The SMILES string of the molecule is O=C1c2nccc(Cl)c2C(=O)c2c(-c3ccccc3NC(=O)C(F)(F)F)ccnc21. The number of nitrogens with one attached hydrogen (secondary N) is 1. The van der Waals surface area contributed by atoms with Gasteiger partial charge in [0, 0.05) is 23.6 Å². The predicted octanol–water partition coefficient (Wildman–Crippen LogP) is 4.07. The molecule has 1 aliphatic rings. The molecule has 0 fully saturated rings. The van der Waals surface area contributed by atoms with Crippen LogP contribution in [0.4, 0.5) is 18.9 Å². The van der Waals surface area contributed by atoms with Gasteiger partial charge >= 0.3 is 12.1 Å². The molecule has 0 spiro atoms. The number of para-hydroxylation sites is 1. The van der Waals surface area contributed by atoms with E-state index in [1.54, 1.807) is 5.32 Å². The van der Waals surface area contributed by atoms with Gasteiger partial charge in [0.2, 0.25) is 5.78 Å². The minimum atomic E-state index is -5.10. The number of carbonyl (C=O) groups excluding carboxylic acids is 3. The van der Waals surface area contributed by atoms with Gasteiger partial charge in [0.15, 0.2) is 5.78 Å². The van der Waals surface area contributed by atoms with Crippen LogP contribution in [0.25, 0.3) is 11.1 Å². The minimum absolute atomic E-state index is 0.0115. The lowest BCUT2D eigenvalue weighted by Crippen LogP contribution is -2.30. The summed E-state index contributed by atoms with van der Waals surface area (Å²) in [4.78, 5) is 45.3. The third-order valence-electron chi connectivity index (χ3n) is 4.46. The molecule has 6 nitrogen and oxygen atoms in total. The molecule has 0 unspecified atom stereocenters. The molecule has 0 bridgehead atoms. The Kier molecular flexibility index (Phi) is 4.62. The van der Waals surface area contributed by atoms with Crippen molar-refractivity contribution in [3.63, 3.8) is 0 Å². The highest BCUT2D eigenvalue weighted by atomic mass is 35.5. The van der Waals surface area contributed by atoms with Crippen LogP contribution < -0.4 is 5.32 Å². The Bertz CT molecular complexity index is 1240. The highest BCUT2D eigenvalue weighted by Gasteiger charge is 2.40. The van der Waals surface area contributed by atoms with E-state index in [0.717, 1.165) is 0 Å². The number of amides is 1. The van der Waals surface area contributed by atoms with Gasteiger partial charge in [-0.05, 0) is 23.8 Å². The molecule has 3 aromatic rings. The first-order chi connectivity index (χ1) is 14.2. The Balaban J connectivity index is 1.91. The quantitative estimate of drug-likeness (QED) is 0.516. The van der Waals surface area contributed by atoms with E-state index in [4.69, 9.17) is 11.6 Å². The second-order valence-electron chi connectivity index (χ2n) is 6.25. The molecule has 10 heteroatoms. The van der Waals surface area contributed by atoms with Crippen LogP contribution in [-0.2, 0) is 4.79 Å². The number of fused-ring (bicyclic) bond motifs is 2. The molecule has 30 heavy (non-hydrogen) atoms. The smallest absolute Gasteiger partial charge is 0.318 e. The van der Waals surface area contributed by atoms with Crippen molar-refractivity contribution in [2.75, 3.05) is 5.32 Å². The van der Waals surface area contributed by atoms with Gasteiger partial charge in [0.1, 0.15) is 11.4 Å². The van der Waals surface area contributed by atoms with Crippen LogP contribution in [0.15, 0.2) is 48.8 Å². The van der Waals surface area contributed by atoms with Crippen LogP contribution >= 0.6 is 11.6 Å². The van der Waals surface area contributed by atoms with Crippen molar-refractivity contribution in [2.24, 2.45) is 0 Å². The number of carbonyl (C=O) groups is 3. The summed E-state index contributed by atoms with van der Waals surface area (Å²) in [6, 6.07) is 8.33. The maximum atomic E-state index is 13.2. The molecule has 1 aliphatic carbocycles. The highest BCUT2D eigenvalue weighted by molar-refractivity contribution is 6.39. The number of pyridine rings is 2. The minimum Gasteiger partial charge on any atom is -0.318 e. The van der Waals surface area contributed by atoms with Crippen LogP contribution in [0.1, 0.15) is 32.1 Å². The first-order valence-corrected chi connectivity index (χ1v) is 8.78. The maximum Gasteiger partial charge on any atom is 0.471 e. The van der Waals surface area contributed by atoms with Crippen molar-refractivity contribution >= 4 is 34.8 Å². The summed E-state index contributed by atoms with van der Waals surface area (Å²) in [6.07, 6.45) is -2.57. The molecule has 150 valence electrons. The molecule has 4 rings (SSSR count). The van der Waals surface area contributed by atoms with E-state index >= 15 is 0 Å². The fourth-order valence-corrected chi connectivity index (χ4v) is 3.40. The first-order valence-electron chi connectivity index (χ1n) is 8.40. The lowest BCUT2D eigenvalue weighted by Gasteiger charge is -2.20. The standard InChI is InChI=1S/C20H9ClF3N3O3/c21-11-6-8-26-16-14(11)17(28)13-10(5-7-25-15(13)18(16)29)9-3-1-2-4-12(9)27-19(30)20(22,23)24/h1-8H,(H,27,30). The van der Waals surface area contributed by atoms with Gasteiger partial charge in [0.05, 0.1) is 16.1 Å². The molecule has 1 aromatic carbocycles. The van der Waals surface area contributed by atoms with Crippen LogP contribution in [0, 0.1) is 0 Å². The molecule has 0 aliphatic heterocycles. The van der Waals surface area contributed by atoms with Crippen LogP contribution in [0.2, 0.25) is 5.02 Å². The van der Waals surface area contributed by atoms with Crippen molar-refractivity contribution in [1.29, 1.82) is 0 Å². The number of halogens is 4. The summed E-state index contributed by atoms with van der Waals surface area (Å²) in [6.45, 7) is 0. The molecular formula is C20H9ClF3N3O3. The third kappa shape index (κ3) is 3.13. The van der Waals surface area contributed by atoms with E-state index < -0.39 is 23.6 Å². The number of hydrogen-bond acceptors (Lipinski definition) is 5. The molecule has 0 saturated heterocycles. The maximum absolute atomic E-state index is 13.2. The zero-order chi connectivity index (χ0) is 21.6. The number of nitrogens with zero attached hydrogens (tertiary/aromatic N) is 2. The van der Waals surface area contributed by atoms with Crippen LogP contribution in [0.3, 0.4) is 0 Å². The number of aromatic nitrogens is 2. The molecular weight excluding hydrogens is 423 g/mol. The van der Waals surface area contributed by atoms with Crippen molar-refractivity contribution in [2.45, 2.75) is 6.18 Å². The zero-order valence-corrected chi connectivity index (χ0v) is 15.5. The van der Waals surface area contributed by atoms with E-state index in [-0.39, 0.29) is 44.4 Å². The second kappa shape index (κ2) is 7.03. The molecule has 1 N–H and O–H groups in total. The van der Waals surface area contributed by atoms with E-state index in [2.05, 4.69) is 9.97 Å². The topological polar surface area (TPSA) is 89.0 Å². The highest BCUT2D eigenvalue weighted by Crippen LogP contribution is 2.38. The van der Waals surface area contributed by atoms with Crippen molar-refractivity contribution in [1.82, 2.24) is 9.97 Å². The van der Waals surface area contributed by atoms with Gasteiger partial charge in [-0.1, -0.05) is 29.8 Å². The molecule has 0 atom stereocenters. The summed E-state index contributed by atoms with van der Waals surface area (Å²) >= 11 is 6.10. The summed E-state index contributed by atoms with van der Waals surface area (Å²) < 4.78 is 38.2. The summed E-state index contributed by atoms with van der Waals surface area (Å²) in [7, 11) is 0. The fraction of sp³-hybridized carbons (Fsp3) is 0.0500. The zero-order valence-electron chi connectivity index (χ0n) is 14.7. The largest absolute Gasteiger partial charge is 0.471 e. The van der Waals surface area contributed by atoms with E-state index in [1.165, 1.54) is 48.8 Å². The van der Waals surface area contributed by atoms with Gasteiger partial charge in [-0.2, -0.15) is 13.2 Å². The molecule has 2 heterocycles.